The first-order chi connectivity index (χ1) is 8.88. The van der Waals surface area contributed by atoms with Gasteiger partial charge in [0.15, 0.2) is 0 Å². The maximum absolute atomic E-state index is 10.9. The third-order valence-electron chi connectivity index (χ3n) is 1.94. The average molecular weight is 337 g/mol. The number of benzene rings is 1. The van der Waals surface area contributed by atoms with E-state index in [1.165, 1.54) is 24.3 Å². The third kappa shape index (κ3) is 7.78. The fraction of sp³-hybridized carbons (Fsp3) is 0.182. The first-order valence-corrected chi connectivity index (χ1v) is 4.91. The van der Waals surface area contributed by atoms with Gasteiger partial charge in [0.1, 0.15) is 24.3 Å². The quantitative estimate of drug-likeness (QED) is 0.294. The van der Waals surface area contributed by atoms with Crippen molar-refractivity contribution in [2.75, 3.05) is 6.61 Å². The first-order valence-electron chi connectivity index (χ1n) is 4.91. The summed E-state index contributed by atoms with van der Waals surface area (Å²) in [4.78, 5) is 32.1. The van der Waals surface area contributed by atoms with E-state index in [0.717, 1.165) is 0 Å². The van der Waals surface area contributed by atoms with E-state index in [1.807, 2.05) is 0 Å². The van der Waals surface area contributed by atoms with Crippen molar-refractivity contribution in [2.24, 2.45) is 0 Å². The molecule has 0 amide bonds. The van der Waals surface area contributed by atoms with E-state index in [-0.39, 0.29) is 94.4 Å². The van der Waals surface area contributed by atoms with Gasteiger partial charge >= 0.3 is 94.6 Å². The maximum atomic E-state index is 10.9. The predicted molar refractivity (Wildman–Crippen MR) is 53.4 cm³/mol. The Morgan fingerprint density at radius 3 is 1.82 bits per heavy atom. The number of hydrogen-bond donors (Lipinski definition) is 1. The average Bonchev–Trinajstić information content (AvgIpc) is 2.34. The van der Waals surface area contributed by atoms with Gasteiger partial charge in [0.25, 0.3) is 5.79 Å². The molecule has 0 aliphatic carbocycles. The third-order valence-corrected chi connectivity index (χ3v) is 1.94. The van der Waals surface area contributed by atoms with E-state index in [2.05, 4.69) is 9.47 Å². The molecule has 1 aromatic rings. The number of hydrogen-bond acceptors (Lipinski definition) is 7. The summed E-state index contributed by atoms with van der Waals surface area (Å²) in [6.45, 7) is -1.21. The van der Waals surface area contributed by atoms with Crippen LogP contribution in [0.25, 0.3) is 0 Å². The van der Waals surface area contributed by atoms with Crippen molar-refractivity contribution in [3.63, 3.8) is 0 Å². The minimum atomic E-state index is -3.33. The zero-order chi connectivity index (χ0) is 14.5. The molecular weight excluding hydrogens is 329 g/mol. The Hall–Kier alpha value is 0.390. The number of rotatable bonds is 7. The molecule has 0 spiro atoms. The van der Waals surface area contributed by atoms with E-state index in [4.69, 9.17) is 5.11 Å². The molecule has 0 atom stereocenters. The van der Waals surface area contributed by atoms with Gasteiger partial charge in [-0.15, -0.1) is 0 Å². The van der Waals surface area contributed by atoms with Gasteiger partial charge in [-0.2, -0.15) is 0 Å². The van der Waals surface area contributed by atoms with Crippen LogP contribution in [0.4, 0.5) is 0 Å². The Morgan fingerprint density at radius 2 is 1.45 bits per heavy atom. The molecule has 0 saturated carbocycles. The molecule has 102 valence electrons. The molecule has 0 heterocycles. The Kier molecular flexibility index (Phi) is 15.8. The summed E-state index contributed by atoms with van der Waals surface area (Å²) in [5, 5.41) is 30.2. The molecule has 0 fully saturated rings. The number of carboxylic acid groups (broad SMARTS) is 3. The van der Waals surface area contributed by atoms with Crippen LogP contribution >= 0.6 is 0 Å². The topological polar surface area (TPSA) is 136 Å². The van der Waals surface area contributed by atoms with Crippen molar-refractivity contribution in [2.45, 2.75) is 5.79 Å². The van der Waals surface area contributed by atoms with Crippen molar-refractivity contribution in [1.82, 2.24) is 0 Å². The molecule has 0 aliphatic rings. The van der Waals surface area contributed by atoms with E-state index in [0.29, 0.717) is 0 Å². The van der Waals surface area contributed by atoms with Gasteiger partial charge in [-0.3, -0.25) is 0 Å². The van der Waals surface area contributed by atoms with Crippen LogP contribution in [0.15, 0.2) is 30.3 Å². The smallest absolute Gasteiger partial charge is 0.543 e. The predicted octanol–water partition coefficient (Wildman–Crippen LogP) is -11.6. The number of carboxylic acids is 3. The Morgan fingerprint density at radius 1 is 1.00 bits per heavy atom. The fourth-order valence-electron chi connectivity index (χ4n) is 1.13. The molecule has 0 bridgehead atoms. The van der Waals surface area contributed by atoms with Gasteiger partial charge in [-0.1, -0.05) is 18.2 Å². The van der Waals surface area contributed by atoms with E-state index in [9.17, 15) is 24.6 Å². The van der Waals surface area contributed by atoms with Crippen LogP contribution in [-0.4, -0.2) is 35.4 Å². The van der Waals surface area contributed by atoms with Crippen LogP contribution < -0.4 is 104 Å². The van der Waals surface area contributed by atoms with E-state index in [1.54, 1.807) is 6.07 Å². The van der Waals surface area contributed by atoms with Crippen molar-refractivity contribution in [3.8, 4) is 5.75 Å². The number of para-hydroxylation sites is 1. The van der Waals surface area contributed by atoms with Crippen LogP contribution in [0.1, 0.15) is 0 Å². The molecule has 0 unspecified atom stereocenters. The van der Waals surface area contributed by atoms with Crippen LogP contribution in [0.5, 0.6) is 5.75 Å². The van der Waals surface area contributed by atoms with Crippen LogP contribution in [0.3, 0.4) is 0 Å². The summed E-state index contributed by atoms with van der Waals surface area (Å²) in [6.07, 6.45) is 0. The molecule has 1 N–H and O–H groups in total. The van der Waals surface area contributed by atoms with Crippen LogP contribution in [0.2, 0.25) is 0 Å². The summed E-state index contributed by atoms with van der Waals surface area (Å²) in [6, 6.07) is 6.98. The summed E-state index contributed by atoms with van der Waals surface area (Å²) in [5.41, 5.74) is 0. The minimum absolute atomic E-state index is 0. The van der Waals surface area contributed by atoms with E-state index >= 15 is 0 Å². The monoisotopic (exact) mass is 337 g/mol. The number of ether oxygens (including phenoxy) is 2. The normalized spacial score (nSPS) is 9.27. The van der Waals surface area contributed by atoms with Crippen LogP contribution in [-0.2, 0) is 19.1 Å². The SMILES string of the molecule is O=C(O)COC(Oc1ccccc1)(C(=O)[O-])C(=O)[O-].[Na+].[Na+].[Na+]. The van der Waals surface area contributed by atoms with Crippen LogP contribution in [0, 0.1) is 0 Å². The second-order valence-corrected chi connectivity index (χ2v) is 3.29. The minimum Gasteiger partial charge on any atom is -0.543 e. The van der Waals surface area contributed by atoms with Crippen molar-refractivity contribution in [1.29, 1.82) is 0 Å². The molecule has 0 saturated heterocycles. The summed E-state index contributed by atoms with van der Waals surface area (Å²) < 4.78 is 8.94. The van der Waals surface area contributed by atoms with Gasteiger partial charge in [0.2, 0.25) is 0 Å². The van der Waals surface area contributed by atoms with Crippen molar-refractivity contribution < 1.29 is 128 Å². The fourth-order valence-corrected chi connectivity index (χ4v) is 1.13. The molecule has 1 rings (SSSR count). The molecule has 11 heteroatoms. The van der Waals surface area contributed by atoms with E-state index < -0.39 is 30.3 Å². The van der Waals surface area contributed by atoms with Gasteiger partial charge < -0.3 is 34.4 Å². The number of aliphatic carboxylic acids is 3. The second kappa shape index (κ2) is 12.8. The van der Waals surface area contributed by atoms with Gasteiger partial charge in [-0.25, -0.2) is 4.79 Å². The van der Waals surface area contributed by atoms with Gasteiger partial charge in [-0.05, 0) is 12.1 Å². The zero-order valence-corrected chi connectivity index (χ0v) is 18.4. The second-order valence-electron chi connectivity index (χ2n) is 3.29. The standard InChI is InChI=1S/C11H10O8.3Na/c12-8(13)6-18-11(9(14)15,10(16)17)19-7-4-2-1-3-5-7;;;/h1-5H,6H2,(H,12,13)(H,14,15)(H,16,17);;;/q;3*+1/p-2. The summed E-state index contributed by atoms with van der Waals surface area (Å²) in [7, 11) is 0. The summed E-state index contributed by atoms with van der Waals surface area (Å²) in [5.74, 6) is -9.64. The Labute approximate surface area is 192 Å². The van der Waals surface area contributed by atoms with Crippen molar-refractivity contribution >= 4 is 17.9 Å². The molecule has 0 aromatic heterocycles. The molecule has 0 radical (unpaired) electrons. The molecule has 1 aromatic carbocycles. The molecule has 22 heavy (non-hydrogen) atoms. The molecule has 0 aliphatic heterocycles. The first kappa shape index (κ1) is 27.2. The maximum Gasteiger partial charge on any atom is 1.00 e. The molecule has 8 nitrogen and oxygen atoms in total. The van der Waals surface area contributed by atoms with Gasteiger partial charge in [0, 0.05) is 0 Å². The zero-order valence-electron chi connectivity index (χ0n) is 12.4. The van der Waals surface area contributed by atoms with Crippen molar-refractivity contribution in [3.05, 3.63) is 30.3 Å². The number of carbonyl (C=O) groups excluding carboxylic acids is 2. The number of carbonyl (C=O) groups is 3. The Bertz CT molecular complexity index is 479. The molecular formula is C11H8Na3O8+. The largest absolute Gasteiger partial charge is 1.00 e. The summed E-state index contributed by atoms with van der Waals surface area (Å²) >= 11 is 0. The Balaban J connectivity index is -0.00000120. The van der Waals surface area contributed by atoms with Gasteiger partial charge in [0.05, 0.1) is 0 Å².